The molecule has 7 nitrogen and oxygen atoms in total. The molecular weight excluding hydrogens is 370 g/mol. The smallest absolute Gasteiger partial charge is 0.251 e. The van der Waals surface area contributed by atoms with E-state index in [0.29, 0.717) is 37.3 Å². The third kappa shape index (κ3) is 5.47. The molecule has 29 heavy (non-hydrogen) atoms. The Morgan fingerprint density at radius 3 is 2.41 bits per heavy atom. The monoisotopic (exact) mass is 397 g/mol. The van der Waals surface area contributed by atoms with Crippen molar-refractivity contribution in [3.8, 4) is 0 Å². The van der Waals surface area contributed by atoms with Crippen LogP contribution in [0.3, 0.4) is 0 Å². The molecule has 0 radical (unpaired) electrons. The molecule has 1 aliphatic rings. The molecule has 2 N–H and O–H groups in total. The quantitative estimate of drug-likeness (QED) is 0.782. The summed E-state index contributed by atoms with van der Waals surface area (Å²) in [7, 11) is 0. The lowest BCUT2D eigenvalue weighted by Gasteiger charge is -2.35. The van der Waals surface area contributed by atoms with Gasteiger partial charge in [-0.25, -0.2) is 0 Å². The highest BCUT2D eigenvalue weighted by atomic mass is 16.3. The van der Waals surface area contributed by atoms with E-state index in [2.05, 4.69) is 10.6 Å². The van der Waals surface area contributed by atoms with Gasteiger partial charge < -0.3 is 20.0 Å². The van der Waals surface area contributed by atoms with Gasteiger partial charge in [0.25, 0.3) is 5.91 Å². The SMILES string of the molecule is CC(=O)N1CCC(C(NC(=O)c2ccc(C)cc2)C(=O)NCc2ccco2)CC1. The lowest BCUT2D eigenvalue weighted by Crippen LogP contribution is -2.53. The van der Waals surface area contributed by atoms with Crippen molar-refractivity contribution in [2.24, 2.45) is 5.92 Å². The van der Waals surface area contributed by atoms with E-state index in [0.717, 1.165) is 5.56 Å². The molecule has 0 bridgehead atoms. The number of furan rings is 1. The van der Waals surface area contributed by atoms with Crippen molar-refractivity contribution in [3.05, 3.63) is 59.5 Å². The Hall–Kier alpha value is -3.09. The fraction of sp³-hybridized carbons (Fsp3) is 0.409. The first-order valence-corrected chi connectivity index (χ1v) is 9.87. The second-order valence-corrected chi connectivity index (χ2v) is 7.46. The molecule has 3 amide bonds. The fourth-order valence-electron chi connectivity index (χ4n) is 3.57. The highest BCUT2D eigenvalue weighted by Gasteiger charge is 2.33. The zero-order valence-electron chi connectivity index (χ0n) is 16.8. The summed E-state index contributed by atoms with van der Waals surface area (Å²) in [5.41, 5.74) is 1.58. The Kier molecular flexibility index (Phi) is 6.69. The molecule has 154 valence electrons. The van der Waals surface area contributed by atoms with Crippen LogP contribution in [0.2, 0.25) is 0 Å². The van der Waals surface area contributed by atoms with Crippen LogP contribution in [-0.2, 0) is 16.1 Å². The summed E-state index contributed by atoms with van der Waals surface area (Å²) in [5, 5.41) is 5.77. The second kappa shape index (κ2) is 9.41. The zero-order chi connectivity index (χ0) is 20.8. The maximum atomic E-state index is 12.9. The topological polar surface area (TPSA) is 91.7 Å². The first-order chi connectivity index (χ1) is 13.9. The number of benzene rings is 1. The molecule has 2 heterocycles. The van der Waals surface area contributed by atoms with Gasteiger partial charge in [-0.3, -0.25) is 14.4 Å². The Morgan fingerprint density at radius 2 is 1.83 bits per heavy atom. The van der Waals surface area contributed by atoms with E-state index in [-0.39, 0.29) is 30.2 Å². The lowest BCUT2D eigenvalue weighted by atomic mass is 9.88. The second-order valence-electron chi connectivity index (χ2n) is 7.46. The van der Waals surface area contributed by atoms with Crippen LogP contribution in [0.15, 0.2) is 47.1 Å². The zero-order valence-corrected chi connectivity index (χ0v) is 16.8. The summed E-state index contributed by atoms with van der Waals surface area (Å²) in [5.74, 6) is 0.108. The van der Waals surface area contributed by atoms with Crippen molar-refractivity contribution in [1.82, 2.24) is 15.5 Å². The van der Waals surface area contributed by atoms with Crippen molar-refractivity contribution in [2.75, 3.05) is 13.1 Å². The van der Waals surface area contributed by atoms with Crippen molar-refractivity contribution < 1.29 is 18.8 Å². The first-order valence-electron chi connectivity index (χ1n) is 9.87. The molecule has 1 saturated heterocycles. The van der Waals surface area contributed by atoms with Gasteiger partial charge in [0.2, 0.25) is 11.8 Å². The molecule has 7 heteroatoms. The van der Waals surface area contributed by atoms with Crippen LogP contribution in [0.25, 0.3) is 0 Å². The van der Waals surface area contributed by atoms with Crippen LogP contribution >= 0.6 is 0 Å². The fourth-order valence-corrected chi connectivity index (χ4v) is 3.57. The number of likely N-dealkylation sites (tertiary alicyclic amines) is 1. The maximum Gasteiger partial charge on any atom is 0.251 e. The van der Waals surface area contributed by atoms with Crippen molar-refractivity contribution >= 4 is 17.7 Å². The molecule has 2 aromatic rings. The minimum absolute atomic E-state index is 0.0333. The molecule has 1 aromatic carbocycles. The standard InChI is InChI=1S/C22H27N3O4/c1-15-5-7-18(8-6-15)21(27)24-20(17-9-11-25(12-10-17)16(2)26)22(28)23-14-19-4-3-13-29-19/h3-8,13,17,20H,9-12,14H2,1-2H3,(H,23,28)(H,24,27). The molecule has 0 saturated carbocycles. The molecule has 3 rings (SSSR count). The summed E-state index contributed by atoms with van der Waals surface area (Å²) >= 11 is 0. The number of amides is 3. The number of carbonyl (C=O) groups is 3. The number of hydrogen-bond donors (Lipinski definition) is 2. The number of nitrogens with zero attached hydrogens (tertiary/aromatic N) is 1. The average molecular weight is 397 g/mol. The van der Waals surface area contributed by atoms with E-state index in [1.165, 1.54) is 0 Å². The molecule has 0 spiro atoms. The van der Waals surface area contributed by atoms with Gasteiger partial charge in [-0.05, 0) is 49.9 Å². The van der Waals surface area contributed by atoms with Gasteiger partial charge in [-0.15, -0.1) is 0 Å². The van der Waals surface area contributed by atoms with Gasteiger partial charge in [-0.1, -0.05) is 17.7 Å². The van der Waals surface area contributed by atoms with E-state index < -0.39 is 6.04 Å². The average Bonchev–Trinajstić information content (AvgIpc) is 3.24. The van der Waals surface area contributed by atoms with Gasteiger partial charge in [-0.2, -0.15) is 0 Å². The van der Waals surface area contributed by atoms with E-state index in [9.17, 15) is 14.4 Å². The third-order valence-corrected chi connectivity index (χ3v) is 5.36. The molecule has 1 unspecified atom stereocenters. The summed E-state index contributed by atoms with van der Waals surface area (Å²) < 4.78 is 5.26. The lowest BCUT2D eigenvalue weighted by molar-refractivity contribution is -0.130. The van der Waals surface area contributed by atoms with Crippen LogP contribution in [0.5, 0.6) is 0 Å². The summed E-state index contributed by atoms with van der Waals surface area (Å²) in [6.45, 7) is 4.93. The summed E-state index contributed by atoms with van der Waals surface area (Å²) in [6.07, 6.45) is 2.87. The molecule has 1 atom stereocenters. The van der Waals surface area contributed by atoms with Gasteiger partial charge in [0.15, 0.2) is 0 Å². The Balaban J connectivity index is 1.69. The number of carbonyl (C=O) groups excluding carboxylic acids is 3. The Bertz CT molecular complexity index is 837. The van der Waals surface area contributed by atoms with Crippen molar-refractivity contribution in [3.63, 3.8) is 0 Å². The summed E-state index contributed by atoms with van der Waals surface area (Å²) in [6, 6.07) is 10.1. The minimum atomic E-state index is -0.673. The van der Waals surface area contributed by atoms with Gasteiger partial charge in [0.05, 0.1) is 12.8 Å². The van der Waals surface area contributed by atoms with Gasteiger partial charge >= 0.3 is 0 Å². The van der Waals surface area contributed by atoms with Crippen LogP contribution in [-0.4, -0.2) is 41.8 Å². The number of piperidine rings is 1. The molecule has 1 fully saturated rings. The highest BCUT2D eigenvalue weighted by Crippen LogP contribution is 2.22. The highest BCUT2D eigenvalue weighted by molar-refractivity contribution is 5.97. The Morgan fingerprint density at radius 1 is 1.14 bits per heavy atom. The van der Waals surface area contributed by atoms with E-state index >= 15 is 0 Å². The number of rotatable bonds is 6. The number of aryl methyl sites for hydroxylation is 1. The number of nitrogens with one attached hydrogen (secondary N) is 2. The first kappa shape index (κ1) is 20.6. The number of hydrogen-bond acceptors (Lipinski definition) is 4. The molecule has 1 aromatic heterocycles. The maximum absolute atomic E-state index is 12.9. The molecule has 1 aliphatic heterocycles. The molecule has 0 aliphatic carbocycles. The largest absolute Gasteiger partial charge is 0.467 e. The normalized spacial score (nSPS) is 15.6. The van der Waals surface area contributed by atoms with E-state index in [1.54, 1.807) is 42.4 Å². The predicted molar refractivity (Wildman–Crippen MR) is 108 cm³/mol. The van der Waals surface area contributed by atoms with Gasteiger partial charge in [0.1, 0.15) is 11.8 Å². The van der Waals surface area contributed by atoms with Crippen molar-refractivity contribution in [1.29, 1.82) is 0 Å². The minimum Gasteiger partial charge on any atom is -0.467 e. The predicted octanol–water partition coefficient (Wildman–Crippen LogP) is 2.26. The van der Waals surface area contributed by atoms with Crippen LogP contribution in [0.4, 0.5) is 0 Å². The molecular formula is C22H27N3O4. The Labute approximate surface area is 170 Å². The van der Waals surface area contributed by atoms with Gasteiger partial charge in [0, 0.05) is 25.6 Å². The van der Waals surface area contributed by atoms with Crippen LogP contribution in [0.1, 0.15) is 41.4 Å². The van der Waals surface area contributed by atoms with E-state index in [4.69, 9.17) is 4.42 Å². The third-order valence-electron chi connectivity index (χ3n) is 5.36. The summed E-state index contributed by atoms with van der Waals surface area (Å²) in [4.78, 5) is 39.0. The van der Waals surface area contributed by atoms with Crippen molar-refractivity contribution in [2.45, 2.75) is 39.3 Å². The van der Waals surface area contributed by atoms with Crippen LogP contribution < -0.4 is 10.6 Å². The van der Waals surface area contributed by atoms with Crippen LogP contribution in [0, 0.1) is 12.8 Å². The van der Waals surface area contributed by atoms with E-state index in [1.807, 2.05) is 19.1 Å².